The molecule has 1 fully saturated rings. The van der Waals surface area contributed by atoms with E-state index in [0.29, 0.717) is 19.0 Å². The van der Waals surface area contributed by atoms with Crippen LogP contribution in [0.1, 0.15) is 12.8 Å². The third-order valence-corrected chi connectivity index (χ3v) is 3.52. The molecule has 1 N–H and O–H groups in total. The fourth-order valence-electron chi connectivity index (χ4n) is 2.45. The maximum atomic E-state index is 11.6. The molecule has 2 rings (SSSR count). The number of nitrogens with one attached hydrogen (secondary N) is 1. The van der Waals surface area contributed by atoms with Crippen LogP contribution in [0.2, 0.25) is 0 Å². The zero-order valence-corrected chi connectivity index (χ0v) is 11.3. The second-order valence-corrected chi connectivity index (χ2v) is 5.04. The summed E-state index contributed by atoms with van der Waals surface area (Å²) in [6, 6.07) is 1.96. The standard InChI is InChI=1S/C14H22N4O/c1-2-6-15-14(19)12-17-9-4-13(5-10-17)11-18-8-3-7-16-18/h2-3,7-8,13H,1,4-6,9-12H2,(H,15,19). The number of carbonyl (C=O) groups is 1. The Hall–Kier alpha value is -1.62. The Kier molecular flexibility index (Phi) is 5.15. The maximum Gasteiger partial charge on any atom is 0.234 e. The van der Waals surface area contributed by atoms with E-state index in [4.69, 9.17) is 0 Å². The van der Waals surface area contributed by atoms with Gasteiger partial charge in [-0.15, -0.1) is 6.58 Å². The first-order chi connectivity index (χ1) is 9.28. The fraction of sp³-hybridized carbons (Fsp3) is 0.571. The molecule has 1 aromatic rings. The van der Waals surface area contributed by atoms with Gasteiger partial charge in [0, 0.05) is 25.5 Å². The van der Waals surface area contributed by atoms with E-state index in [1.54, 1.807) is 6.08 Å². The molecule has 5 heteroatoms. The molecule has 0 atom stereocenters. The molecule has 1 saturated heterocycles. The van der Waals surface area contributed by atoms with Crippen LogP contribution in [0.25, 0.3) is 0 Å². The third kappa shape index (κ3) is 4.52. The van der Waals surface area contributed by atoms with Crippen LogP contribution in [0.3, 0.4) is 0 Å². The first kappa shape index (κ1) is 13.8. The molecule has 0 spiro atoms. The van der Waals surface area contributed by atoms with Gasteiger partial charge < -0.3 is 5.32 Å². The Morgan fingerprint density at radius 2 is 2.26 bits per heavy atom. The van der Waals surface area contributed by atoms with E-state index in [1.807, 2.05) is 23.1 Å². The van der Waals surface area contributed by atoms with Gasteiger partial charge in [-0.05, 0) is 37.9 Å². The summed E-state index contributed by atoms with van der Waals surface area (Å²) in [6.45, 7) is 7.62. The van der Waals surface area contributed by atoms with Gasteiger partial charge in [-0.25, -0.2) is 0 Å². The number of carbonyl (C=O) groups excluding carboxylic acids is 1. The summed E-state index contributed by atoms with van der Waals surface area (Å²) in [6.07, 6.45) is 7.80. The minimum atomic E-state index is 0.0884. The van der Waals surface area contributed by atoms with E-state index < -0.39 is 0 Å². The van der Waals surface area contributed by atoms with Crippen molar-refractivity contribution >= 4 is 5.91 Å². The number of aromatic nitrogens is 2. The highest BCUT2D eigenvalue weighted by Crippen LogP contribution is 2.18. The minimum Gasteiger partial charge on any atom is -0.352 e. The molecule has 0 saturated carbocycles. The lowest BCUT2D eigenvalue weighted by Crippen LogP contribution is -2.42. The lowest BCUT2D eigenvalue weighted by atomic mass is 9.97. The highest BCUT2D eigenvalue weighted by Gasteiger charge is 2.20. The molecule has 104 valence electrons. The van der Waals surface area contributed by atoms with E-state index in [0.717, 1.165) is 32.5 Å². The van der Waals surface area contributed by atoms with Crippen LogP contribution >= 0.6 is 0 Å². The SMILES string of the molecule is C=CCNC(=O)CN1CCC(Cn2cccn2)CC1. The molecule has 0 radical (unpaired) electrons. The molecule has 1 aliphatic heterocycles. The van der Waals surface area contributed by atoms with Crippen LogP contribution in [0, 0.1) is 5.92 Å². The van der Waals surface area contributed by atoms with E-state index in [-0.39, 0.29) is 5.91 Å². The number of rotatable bonds is 6. The van der Waals surface area contributed by atoms with Gasteiger partial charge in [0.2, 0.25) is 5.91 Å². The van der Waals surface area contributed by atoms with Crippen molar-refractivity contribution < 1.29 is 4.79 Å². The quantitative estimate of drug-likeness (QED) is 0.775. The number of amides is 1. The summed E-state index contributed by atoms with van der Waals surface area (Å²) in [7, 11) is 0. The van der Waals surface area contributed by atoms with Crippen LogP contribution in [0.5, 0.6) is 0 Å². The zero-order valence-electron chi connectivity index (χ0n) is 11.3. The molecule has 0 bridgehead atoms. The average Bonchev–Trinajstić information content (AvgIpc) is 2.91. The van der Waals surface area contributed by atoms with E-state index >= 15 is 0 Å². The number of hydrogen-bond donors (Lipinski definition) is 1. The maximum absolute atomic E-state index is 11.6. The molecule has 2 heterocycles. The van der Waals surface area contributed by atoms with Gasteiger partial charge >= 0.3 is 0 Å². The molecule has 1 aliphatic rings. The number of hydrogen-bond acceptors (Lipinski definition) is 3. The van der Waals surface area contributed by atoms with Crippen molar-refractivity contribution in [1.29, 1.82) is 0 Å². The summed E-state index contributed by atoms with van der Waals surface area (Å²) in [5, 5.41) is 7.06. The largest absolute Gasteiger partial charge is 0.352 e. The monoisotopic (exact) mass is 262 g/mol. The van der Waals surface area contributed by atoms with Gasteiger partial charge in [0.15, 0.2) is 0 Å². The molecule has 1 aromatic heterocycles. The molecular weight excluding hydrogens is 240 g/mol. The first-order valence-corrected chi connectivity index (χ1v) is 6.85. The molecule has 0 aliphatic carbocycles. The van der Waals surface area contributed by atoms with Crippen molar-refractivity contribution in [1.82, 2.24) is 20.0 Å². The Labute approximate surface area is 114 Å². The molecule has 1 amide bonds. The number of piperidine rings is 1. The van der Waals surface area contributed by atoms with Gasteiger partial charge in [-0.3, -0.25) is 14.4 Å². The molecule has 5 nitrogen and oxygen atoms in total. The van der Waals surface area contributed by atoms with Crippen molar-refractivity contribution in [3.05, 3.63) is 31.1 Å². The lowest BCUT2D eigenvalue weighted by molar-refractivity contribution is -0.122. The predicted molar refractivity (Wildman–Crippen MR) is 74.6 cm³/mol. The third-order valence-electron chi connectivity index (χ3n) is 3.52. The van der Waals surface area contributed by atoms with Gasteiger partial charge in [-0.2, -0.15) is 5.10 Å². The Morgan fingerprint density at radius 1 is 1.47 bits per heavy atom. The predicted octanol–water partition coefficient (Wildman–Crippen LogP) is 0.897. The molecule has 19 heavy (non-hydrogen) atoms. The topological polar surface area (TPSA) is 50.2 Å². The van der Waals surface area contributed by atoms with Gasteiger partial charge in [-0.1, -0.05) is 6.08 Å². The summed E-state index contributed by atoms with van der Waals surface area (Å²) in [5.41, 5.74) is 0. The molecular formula is C14H22N4O. The van der Waals surface area contributed by atoms with Gasteiger partial charge in [0.25, 0.3) is 0 Å². The van der Waals surface area contributed by atoms with Crippen LogP contribution in [0.4, 0.5) is 0 Å². The molecule has 0 unspecified atom stereocenters. The van der Waals surface area contributed by atoms with Crippen LogP contribution in [0.15, 0.2) is 31.1 Å². The van der Waals surface area contributed by atoms with E-state index in [1.165, 1.54) is 0 Å². The summed E-state index contributed by atoms with van der Waals surface area (Å²) < 4.78 is 2.00. The van der Waals surface area contributed by atoms with Crippen molar-refractivity contribution in [3.8, 4) is 0 Å². The smallest absolute Gasteiger partial charge is 0.234 e. The average molecular weight is 262 g/mol. The minimum absolute atomic E-state index is 0.0884. The summed E-state index contributed by atoms with van der Waals surface area (Å²) >= 11 is 0. The second kappa shape index (κ2) is 7.09. The van der Waals surface area contributed by atoms with Crippen LogP contribution < -0.4 is 5.32 Å². The highest BCUT2D eigenvalue weighted by atomic mass is 16.2. The van der Waals surface area contributed by atoms with E-state index in [9.17, 15) is 4.79 Å². The van der Waals surface area contributed by atoms with Crippen molar-refractivity contribution in [2.45, 2.75) is 19.4 Å². The van der Waals surface area contributed by atoms with Crippen molar-refractivity contribution in [3.63, 3.8) is 0 Å². The van der Waals surface area contributed by atoms with Crippen LogP contribution in [-0.4, -0.2) is 46.8 Å². The van der Waals surface area contributed by atoms with Gasteiger partial charge in [0.05, 0.1) is 6.54 Å². The zero-order chi connectivity index (χ0) is 13.5. The summed E-state index contributed by atoms with van der Waals surface area (Å²) in [4.78, 5) is 13.8. The van der Waals surface area contributed by atoms with Gasteiger partial charge in [0.1, 0.15) is 0 Å². The fourth-order valence-corrected chi connectivity index (χ4v) is 2.45. The Balaban J connectivity index is 1.67. The Bertz CT molecular complexity index is 394. The second-order valence-electron chi connectivity index (χ2n) is 5.04. The van der Waals surface area contributed by atoms with E-state index in [2.05, 4.69) is 21.9 Å². The lowest BCUT2D eigenvalue weighted by Gasteiger charge is -2.31. The van der Waals surface area contributed by atoms with Crippen LogP contribution in [-0.2, 0) is 11.3 Å². The molecule has 0 aromatic carbocycles. The van der Waals surface area contributed by atoms with Crippen molar-refractivity contribution in [2.24, 2.45) is 5.92 Å². The number of likely N-dealkylation sites (tertiary alicyclic amines) is 1. The number of nitrogens with zero attached hydrogens (tertiary/aromatic N) is 3. The Morgan fingerprint density at radius 3 is 2.89 bits per heavy atom. The first-order valence-electron chi connectivity index (χ1n) is 6.85. The van der Waals surface area contributed by atoms with Crippen molar-refractivity contribution in [2.75, 3.05) is 26.2 Å². The highest BCUT2D eigenvalue weighted by molar-refractivity contribution is 5.78. The summed E-state index contributed by atoms with van der Waals surface area (Å²) in [5.74, 6) is 0.762. The normalized spacial score (nSPS) is 17.3.